The Balaban J connectivity index is 1.56. The van der Waals surface area contributed by atoms with E-state index in [0.29, 0.717) is 50.7 Å². The Kier molecular flexibility index (Phi) is 4.53. The predicted molar refractivity (Wildman–Crippen MR) is 98.7 cm³/mol. The van der Waals surface area contributed by atoms with Gasteiger partial charge < -0.3 is 9.64 Å². The minimum absolute atomic E-state index is 0.114. The highest BCUT2D eigenvalue weighted by molar-refractivity contribution is 6.04. The van der Waals surface area contributed by atoms with Gasteiger partial charge in [-0.2, -0.15) is 10.2 Å². The van der Waals surface area contributed by atoms with Crippen molar-refractivity contribution in [3.05, 3.63) is 46.3 Å². The lowest BCUT2D eigenvalue weighted by molar-refractivity contribution is 0.0753. The Morgan fingerprint density at radius 3 is 2.81 bits per heavy atom. The zero-order valence-electron chi connectivity index (χ0n) is 15.5. The van der Waals surface area contributed by atoms with Gasteiger partial charge in [-0.05, 0) is 6.07 Å². The summed E-state index contributed by atoms with van der Waals surface area (Å²) in [5, 5.41) is 9.66. The number of aromatic nitrogens is 5. The number of para-hydroxylation sites is 1. The molecule has 1 aromatic carbocycles. The lowest BCUT2D eigenvalue weighted by atomic mass is 10.2. The van der Waals surface area contributed by atoms with E-state index in [9.17, 15) is 9.59 Å². The minimum Gasteiger partial charge on any atom is -0.383 e. The number of aryl methyl sites for hydroxylation is 1. The highest BCUT2D eigenvalue weighted by Crippen LogP contribution is 2.19. The molecule has 27 heavy (non-hydrogen) atoms. The topological polar surface area (TPSA) is 87.2 Å². The molecule has 1 aliphatic heterocycles. The van der Waals surface area contributed by atoms with E-state index in [4.69, 9.17) is 4.74 Å². The van der Waals surface area contributed by atoms with Crippen molar-refractivity contribution in [2.45, 2.75) is 19.5 Å². The number of benzene rings is 1. The zero-order chi connectivity index (χ0) is 19.0. The van der Waals surface area contributed by atoms with Crippen molar-refractivity contribution in [3.8, 4) is 0 Å². The van der Waals surface area contributed by atoms with Gasteiger partial charge in [-0.25, -0.2) is 9.48 Å². The van der Waals surface area contributed by atoms with Gasteiger partial charge in [0.1, 0.15) is 5.82 Å². The molecule has 3 aromatic rings. The van der Waals surface area contributed by atoms with Crippen LogP contribution in [0.4, 0.5) is 0 Å². The summed E-state index contributed by atoms with van der Waals surface area (Å²) in [6.45, 7) is 2.25. The molecule has 3 heterocycles. The summed E-state index contributed by atoms with van der Waals surface area (Å²) in [7, 11) is 3.43. The molecule has 1 aliphatic rings. The molecule has 0 aliphatic carbocycles. The molecule has 2 aromatic heterocycles. The van der Waals surface area contributed by atoms with E-state index in [1.165, 1.54) is 4.68 Å². The molecule has 0 saturated carbocycles. The van der Waals surface area contributed by atoms with Crippen LogP contribution in [0.15, 0.2) is 29.1 Å². The first-order valence-corrected chi connectivity index (χ1v) is 8.96. The van der Waals surface area contributed by atoms with Crippen LogP contribution in [0.25, 0.3) is 10.9 Å². The van der Waals surface area contributed by atoms with Gasteiger partial charge in [0, 0.05) is 45.6 Å². The Labute approximate surface area is 155 Å². The van der Waals surface area contributed by atoms with Crippen LogP contribution in [0.3, 0.4) is 0 Å². The van der Waals surface area contributed by atoms with Crippen LogP contribution in [-0.4, -0.2) is 61.7 Å². The monoisotopic (exact) mass is 370 g/mol. The van der Waals surface area contributed by atoms with E-state index in [1.807, 2.05) is 31.3 Å². The van der Waals surface area contributed by atoms with Crippen molar-refractivity contribution >= 4 is 16.8 Å². The summed E-state index contributed by atoms with van der Waals surface area (Å²) in [4.78, 5) is 27.3. The maximum atomic E-state index is 13.1. The van der Waals surface area contributed by atoms with Crippen LogP contribution in [0.5, 0.6) is 0 Å². The third kappa shape index (κ3) is 3.03. The highest BCUT2D eigenvalue weighted by atomic mass is 16.5. The number of fused-ring (bicyclic) bond motifs is 2. The van der Waals surface area contributed by atoms with Crippen LogP contribution >= 0.6 is 0 Å². The zero-order valence-corrected chi connectivity index (χ0v) is 15.5. The van der Waals surface area contributed by atoms with Crippen LogP contribution in [0.1, 0.15) is 16.3 Å². The summed E-state index contributed by atoms with van der Waals surface area (Å²) in [5.41, 5.74) is 1.22. The molecule has 0 N–H and O–H groups in total. The van der Waals surface area contributed by atoms with E-state index in [2.05, 4.69) is 10.2 Å². The first-order valence-electron chi connectivity index (χ1n) is 8.96. The SMILES string of the molecule is COCCn1nc2n(c1=O)CCN(C(=O)c1nn(C)c3ccccc13)CC2. The maximum Gasteiger partial charge on any atom is 0.346 e. The summed E-state index contributed by atoms with van der Waals surface area (Å²) < 4.78 is 9.83. The van der Waals surface area contributed by atoms with E-state index in [1.54, 1.807) is 21.3 Å². The van der Waals surface area contributed by atoms with E-state index < -0.39 is 0 Å². The summed E-state index contributed by atoms with van der Waals surface area (Å²) in [6.07, 6.45) is 0.533. The van der Waals surface area contributed by atoms with Crippen molar-refractivity contribution in [1.29, 1.82) is 0 Å². The van der Waals surface area contributed by atoms with Gasteiger partial charge in [0.05, 0.1) is 18.7 Å². The highest BCUT2D eigenvalue weighted by Gasteiger charge is 2.26. The summed E-state index contributed by atoms with van der Waals surface area (Å²) in [6, 6.07) is 7.69. The van der Waals surface area contributed by atoms with Gasteiger partial charge >= 0.3 is 5.69 Å². The fourth-order valence-electron chi connectivity index (χ4n) is 3.51. The quantitative estimate of drug-likeness (QED) is 0.658. The van der Waals surface area contributed by atoms with Gasteiger partial charge in [0.2, 0.25) is 0 Å². The molecule has 0 spiro atoms. The summed E-state index contributed by atoms with van der Waals surface area (Å²) >= 11 is 0. The maximum absolute atomic E-state index is 13.1. The van der Waals surface area contributed by atoms with Gasteiger partial charge in [0.15, 0.2) is 5.69 Å². The predicted octanol–water partition coefficient (Wildman–Crippen LogP) is 0.276. The molecule has 0 radical (unpaired) electrons. The molecule has 1 amide bonds. The molecule has 142 valence electrons. The number of rotatable bonds is 4. The molecule has 0 fully saturated rings. The molecule has 4 rings (SSSR count). The van der Waals surface area contributed by atoms with E-state index >= 15 is 0 Å². The van der Waals surface area contributed by atoms with Crippen molar-refractivity contribution < 1.29 is 9.53 Å². The number of amides is 1. The average molecular weight is 370 g/mol. The first-order chi connectivity index (χ1) is 13.1. The van der Waals surface area contributed by atoms with Crippen molar-refractivity contribution in [2.75, 3.05) is 26.8 Å². The second kappa shape index (κ2) is 6.99. The van der Waals surface area contributed by atoms with Crippen LogP contribution in [-0.2, 0) is 31.3 Å². The van der Waals surface area contributed by atoms with Gasteiger partial charge in [-0.3, -0.25) is 14.0 Å². The Morgan fingerprint density at radius 1 is 1.19 bits per heavy atom. The number of nitrogens with zero attached hydrogens (tertiary/aromatic N) is 6. The number of carbonyl (C=O) groups excluding carboxylic acids is 1. The smallest absolute Gasteiger partial charge is 0.346 e. The fraction of sp³-hybridized carbons (Fsp3) is 0.444. The molecular formula is C18H22N6O3. The van der Waals surface area contributed by atoms with E-state index in [-0.39, 0.29) is 11.6 Å². The van der Waals surface area contributed by atoms with Crippen molar-refractivity contribution in [3.63, 3.8) is 0 Å². The lowest BCUT2D eigenvalue weighted by Gasteiger charge is -2.18. The minimum atomic E-state index is -0.153. The number of carbonyl (C=O) groups is 1. The van der Waals surface area contributed by atoms with Crippen LogP contribution < -0.4 is 5.69 Å². The van der Waals surface area contributed by atoms with Crippen molar-refractivity contribution in [1.82, 2.24) is 29.0 Å². The third-order valence-corrected chi connectivity index (χ3v) is 4.95. The Bertz CT molecular complexity index is 1050. The third-order valence-electron chi connectivity index (χ3n) is 4.95. The molecule has 9 heteroatoms. The second-order valence-electron chi connectivity index (χ2n) is 6.60. The molecule has 0 bridgehead atoms. The molecule has 9 nitrogen and oxygen atoms in total. The lowest BCUT2D eigenvalue weighted by Crippen LogP contribution is -2.35. The number of ether oxygens (including phenoxy) is 1. The number of hydrogen-bond donors (Lipinski definition) is 0. The summed E-state index contributed by atoms with van der Waals surface area (Å²) in [5.74, 6) is 0.592. The molecule has 0 unspecified atom stereocenters. The number of methoxy groups -OCH3 is 1. The van der Waals surface area contributed by atoms with Gasteiger partial charge in [-0.15, -0.1) is 0 Å². The normalized spacial score (nSPS) is 14.4. The van der Waals surface area contributed by atoms with Gasteiger partial charge in [-0.1, -0.05) is 18.2 Å². The van der Waals surface area contributed by atoms with Gasteiger partial charge in [0.25, 0.3) is 5.91 Å². The van der Waals surface area contributed by atoms with Crippen LogP contribution in [0.2, 0.25) is 0 Å². The Hall–Kier alpha value is -2.94. The van der Waals surface area contributed by atoms with Crippen LogP contribution in [0, 0.1) is 0 Å². The molecule has 0 saturated heterocycles. The largest absolute Gasteiger partial charge is 0.383 e. The average Bonchev–Trinajstić information content (AvgIpc) is 3.07. The fourth-order valence-corrected chi connectivity index (χ4v) is 3.51. The second-order valence-corrected chi connectivity index (χ2v) is 6.60. The Morgan fingerprint density at radius 2 is 2.00 bits per heavy atom. The number of hydrogen-bond acceptors (Lipinski definition) is 5. The molecule has 0 atom stereocenters. The molecular weight excluding hydrogens is 348 g/mol. The first kappa shape index (κ1) is 17.5. The van der Waals surface area contributed by atoms with Crippen molar-refractivity contribution in [2.24, 2.45) is 7.05 Å². The standard InChI is InChI=1S/C18H22N6O3/c1-21-14-6-4-3-5-13(14)16(20-21)17(25)22-8-7-15-19-24(11-12-27-2)18(26)23(15)10-9-22/h3-6H,7-12H2,1-2H3. The van der Waals surface area contributed by atoms with E-state index in [0.717, 1.165) is 10.9 Å².